The third-order valence-electron chi connectivity index (χ3n) is 1.29. The molecule has 0 saturated heterocycles. The SMILES string of the molecule is Cc1cnn(N)c1C. The van der Waals surface area contributed by atoms with E-state index in [4.69, 9.17) is 5.84 Å². The second kappa shape index (κ2) is 1.51. The van der Waals surface area contributed by atoms with Gasteiger partial charge in [-0.2, -0.15) is 9.89 Å². The molecule has 0 bridgehead atoms. The molecule has 0 aliphatic carbocycles. The van der Waals surface area contributed by atoms with Crippen LogP contribution in [0.1, 0.15) is 11.3 Å². The van der Waals surface area contributed by atoms with Crippen LogP contribution in [0.4, 0.5) is 0 Å². The number of hydrogen-bond acceptors (Lipinski definition) is 2. The zero-order valence-electron chi connectivity index (χ0n) is 5.05. The second-order valence-corrected chi connectivity index (χ2v) is 1.86. The van der Waals surface area contributed by atoms with Crippen LogP contribution in [0.5, 0.6) is 0 Å². The number of nitrogens with zero attached hydrogens (tertiary/aromatic N) is 2. The molecule has 0 aliphatic heterocycles. The van der Waals surface area contributed by atoms with Crippen LogP contribution in [0.2, 0.25) is 0 Å². The molecule has 44 valence electrons. The highest BCUT2D eigenvalue weighted by Crippen LogP contribution is 1.99. The first-order valence-corrected chi connectivity index (χ1v) is 2.48. The third-order valence-corrected chi connectivity index (χ3v) is 1.29. The van der Waals surface area contributed by atoms with Crippen LogP contribution < -0.4 is 5.84 Å². The van der Waals surface area contributed by atoms with Gasteiger partial charge >= 0.3 is 0 Å². The molecule has 1 aromatic heterocycles. The van der Waals surface area contributed by atoms with Crippen molar-refractivity contribution >= 4 is 0 Å². The van der Waals surface area contributed by atoms with Crippen molar-refractivity contribution in [1.82, 2.24) is 9.89 Å². The predicted molar refractivity (Wildman–Crippen MR) is 31.9 cm³/mol. The molecule has 2 N–H and O–H groups in total. The van der Waals surface area contributed by atoms with Crippen molar-refractivity contribution in [3.8, 4) is 0 Å². The highest BCUT2D eigenvalue weighted by atomic mass is 15.5. The van der Waals surface area contributed by atoms with Gasteiger partial charge in [-0.05, 0) is 19.4 Å². The first-order valence-electron chi connectivity index (χ1n) is 2.48. The van der Waals surface area contributed by atoms with Crippen LogP contribution >= 0.6 is 0 Å². The van der Waals surface area contributed by atoms with Gasteiger partial charge in [0.1, 0.15) is 0 Å². The molecule has 0 spiro atoms. The lowest BCUT2D eigenvalue weighted by Gasteiger charge is -1.90. The predicted octanol–water partition coefficient (Wildman–Crippen LogP) is 0.214. The molecule has 8 heavy (non-hydrogen) atoms. The van der Waals surface area contributed by atoms with Crippen molar-refractivity contribution in [1.29, 1.82) is 0 Å². The molecular weight excluding hydrogens is 102 g/mol. The fourth-order valence-electron chi connectivity index (χ4n) is 0.510. The Bertz CT molecular complexity index is 170. The largest absolute Gasteiger partial charge is 0.323 e. The molecule has 0 aliphatic rings. The van der Waals surface area contributed by atoms with E-state index in [1.165, 1.54) is 4.79 Å². The Morgan fingerprint density at radius 1 is 1.62 bits per heavy atom. The first kappa shape index (κ1) is 5.15. The number of rotatable bonds is 0. The van der Waals surface area contributed by atoms with E-state index in [1.807, 2.05) is 13.8 Å². The van der Waals surface area contributed by atoms with E-state index >= 15 is 0 Å². The van der Waals surface area contributed by atoms with Gasteiger partial charge in [-0.3, -0.25) is 0 Å². The fourth-order valence-corrected chi connectivity index (χ4v) is 0.510. The monoisotopic (exact) mass is 111 g/mol. The molecular formula is C5H9N3. The molecule has 1 rings (SSSR count). The van der Waals surface area contributed by atoms with E-state index in [0.29, 0.717) is 0 Å². The van der Waals surface area contributed by atoms with Gasteiger partial charge < -0.3 is 5.84 Å². The smallest absolute Gasteiger partial charge is 0.0615 e. The minimum atomic E-state index is 1.02. The van der Waals surface area contributed by atoms with Gasteiger partial charge in [0.25, 0.3) is 0 Å². The maximum absolute atomic E-state index is 5.35. The lowest BCUT2D eigenvalue weighted by Crippen LogP contribution is -2.11. The summed E-state index contributed by atoms with van der Waals surface area (Å²) in [4.78, 5) is 1.37. The maximum atomic E-state index is 5.35. The van der Waals surface area contributed by atoms with Crippen molar-refractivity contribution in [3.05, 3.63) is 17.5 Å². The molecule has 0 fully saturated rings. The fraction of sp³-hybridized carbons (Fsp3) is 0.400. The molecule has 0 unspecified atom stereocenters. The van der Waals surface area contributed by atoms with Crippen molar-refractivity contribution in [2.24, 2.45) is 0 Å². The van der Waals surface area contributed by atoms with Crippen molar-refractivity contribution in [2.45, 2.75) is 13.8 Å². The Hall–Kier alpha value is -0.990. The number of nitrogen functional groups attached to an aromatic ring is 1. The summed E-state index contributed by atoms with van der Waals surface area (Å²) in [7, 11) is 0. The lowest BCUT2D eigenvalue weighted by atomic mass is 10.3. The summed E-state index contributed by atoms with van der Waals surface area (Å²) in [5.74, 6) is 5.35. The van der Waals surface area contributed by atoms with Gasteiger partial charge in [-0.25, -0.2) is 0 Å². The molecule has 0 radical (unpaired) electrons. The standard InChI is InChI=1S/C5H9N3/c1-4-3-7-8(6)5(4)2/h3H,6H2,1-2H3. The van der Waals surface area contributed by atoms with E-state index in [0.717, 1.165) is 11.3 Å². The Kier molecular flexibility index (Phi) is 0.970. The minimum absolute atomic E-state index is 1.02. The summed E-state index contributed by atoms with van der Waals surface area (Å²) in [6, 6.07) is 0. The maximum Gasteiger partial charge on any atom is 0.0615 e. The summed E-state index contributed by atoms with van der Waals surface area (Å²) >= 11 is 0. The normalized spacial score (nSPS) is 9.75. The quantitative estimate of drug-likeness (QED) is 0.486. The topological polar surface area (TPSA) is 43.8 Å². The molecule has 1 aromatic rings. The first-order chi connectivity index (χ1) is 3.72. The minimum Gasteiger partial charge on any atom is -0.323 e. The number of aromatic nitrogens is 2. The van der Waals surface area contributed by atoms with Gasteiger partial charge in [0, 0.05) is 0 Å². The van der Waals surface area contributed by atoms with Crippen molar-refractivity contribution < 1.29 is 0 Å². The molecule has 3 nitrogen and oxygen atoms in total. The molecule has 0 saturated carbocycles. The van der Waals surface area contributed by atoms with Crippen molar-refractivity contribution in [2.75, 3.05) is 5.84 Å². The van der Waals surface area contributed by atoms with Gasteiger partial charge in [0.2, 0.25) is 0 Å². The average Bonchev–Trinajstić information content (AvgIpc) is 1.98. The average molecular weight is 111 g/mol. The number of nitrogens with two attached hydrogens (primary N) is 1. The van der Waals surface area contributed by atoms with Crippen molar-refractivity contribution in [3.63, 3.8) is 0 Å². The Labute approximate surface area is 48.1 Å². The van der Waals surface area contributed by atoms with Gasteiger partial charge in [0.15, 0.2) is 0 Å². The zero-order chi connectivity index (χ0) is 6.15. The summed E-state index contributed by atoms with van der Waals surface area (Å²) in [5.41, 5.74) is 2.15. The van der Waals surface area contributed by atoms with Gasteiger partial charge in [0.05, 0.1) is 11.9 Å². The summed E-state index contributed by atoms with van der Waals surface area (Å²) in [6.07, 6.45) is 1.75. The van der Waals surface area contributed by atoms with Crippen LogP contribution in [0, 0.1) is 13.8 Å². The van der Waals surface area contributed by atoms with Crippen LogP contribution in [0.15, 0.2) is 6.20 Å². The molecule has 0 atom stereocenters. The van der Waals surface area contributed by atoms with E-state index < -0.39 is 0 Å². The molecule has 0 amide bonds. The number of hydrogen-bond donors (Lipinski definition) is 1. The van der Waals surface area contributed by atoms with E-state index in [-0.39, 0.29) is 0 Å². The van der Waals surface area contributed by atoms with Crippen LogP contribution in [0.25, 0.3) is 0 Å². The second-order valence-electron chi connectivity index (χ2n) is 1.86. The highest BCUT2D eigenvalue weighted by Gasteiger charge is 1.94. The van der Waals surface area contributed by atoms with E-state index in [9.17, 15) is 0 Å². The zero-order valence-corrected chi connectivity index (χ0v) is 5.05. The molecule has 1 heterocycles. The van der Waals surface area contributed by atoms with E-state index in [2.05, 4.69) is 5.10 Å². The molecule has 3 heteroatoms. The third kappa shape index (κ3) is 0.559. The van der Waals surface area contributed by atoms with Gasteiger partial charge in [-0.15, -0.1) is 0 Å². The van der Waals surface area contributed by atoms with Crippen LogP contribution in [0.3, 0.4) is 0 Å². The highest BCUT2D eigenvalue weighted by molar-refractivity contribution is 5.12. The Balaban J connectivity index is 3.19. The summed E-state index contributed by atoms with van der Waals surface area (Å²) in [6.45, 7) is 3.91. The lowest BCUT2D eigenvalue weighted by molar-refractivity contribution is 0.799. The Morgan fingerprint density at radius 2 is 2.25 bits per heavy atom. The van der Waals surface area contributed by atoms with Crippen LogP contribution in [-0.4, -0.2) is 9.89 Å². The number of aryl methyl sites for hydroxylation is 1. The van der Waals surface area contributed by atoms with Crippen LogP contribution in [-0.2, 0) is 0 Å². The van der Waals surface area contributed by atoms with E-state index in [1.54, 1.807) is 6.20 Å². The summed E-state index contributed by atoms with van der Waals surface area (Å²) < 4.78 is 0. The summed E-state index contributed by atoms with van der Waals surface area (Å²) in [5, 5.41) is 3.81. The Morgan fingerprint density at radius 3 is 2.38 bits per heavy atom. The molecule has 0 aromatic carbocycles. The van der Waals surface area contributed by atoms with Gasteiger partial charge in [-0.1, -0.05) is 0 Å².